The molecule has 0 aliphatic heterocycles. The van der Waals surface area contributed by atoms with E-state index in [1.54, 1.807) is 7.11 Å². The molecule has 0 fully saturated rings. The maximum absolute atomic E-state index is 5.46. The Morgan fingerprint density at radius 1 is 1.00 bits per heavy atom. The average Bonchev–Trinajstić information content (AvgIpc) is 2.55. The van der Waals surface area contributed by atoms with Crippen LogP contribution in [0.5, 0.6) is 5.75 Å². The van der Waals surface area contributed by atoms with E-state index >= 15 is 0 Å². The summed E-state index contributed by atoms with van der Waals surface area (Å²) in [6, 6.07) is 19.6. The largest absolute Gasteiger partial charge is 0.496 e. The molecule has 0 bridgehead atoms. The molecule has 0 aliphatic carbocycles. The number of methoxy groups -OCH3 is 1. The molecule has 0 radical (unpaired) electrons. The molecule has 0 saturated heterocycles. The number of hydrogen-bond acceptors (Lipinski definition) is 2. The highest BCUT2D eigenvalue weighted by atomic mass is 16.5. The number of benzene rings is 2. The van der Waals surface area contributed by atoms with Crippen LogP contribution in [0.25, 0.3) is 0 Å². The topological polar surface area (TPSA) is 21.3 Å². The monoisotopic (exact) mass is 283 g/mol. The summed E-state index contributed by atoms with van der Waals surface area (Å²) in [5, 5.41) is 3.73. The van der Waals surface area contributed by atoms with Crippen LogP contribution in [-0.4, -0.2) is 13.2 Å². The molecule has 2 unspecified atom stereocenters. The van der Waals surface area contributed by atoms with Crippen LogP contribution in [0, 0.1) is 0 Å². The van der Waals surface area contributed by atoms with E-state index in [0.29, 0.717) is 6.04 Å². The molecule has 0 aromatic heterocycles. The summed E-state index contributed by atoms with van der Waals surface area (Å²) in [6.07, 6.45) is 2.16. The lowest BCUT2D eigenvalue weighted by atomic mass is 10.0. The first-order chi connectivity index (χ1) is 10.2. The third-order valence-corrected chi connectivity index (χ3v) is 3.91. The van der Waals surface area contributed by atoms with Crippen molar-refractivity contribution >= 4 is 0 Å². The predicted octanol–water partition coefficient (Wildman–Crippen LogP) is 4.37. The van der Waals surface area contributed by atoms with Gasteiger partial charge >= 0.3 is 0 Å². The number of hydrogen-bond donors (Lipinski definition) is 1. The molecule has 2 heteroatoms. The minimum absolute atomic E-state index is 0.273. The normalized spacial score (nSPS) is 13.7. The zero-order valence-electron chi connectivity index (χ0n) is 13.2. The molecule has 0 amide bonds. The van der Waals surface area contributed by atoms with E-state index in [0.717, 1.165) is 18.6 Å². The fraction of sp³-hybridized carbons (Fsp3) is 0.368. The van der Waals surface area contributed by atoms with Crippen LogP contribution >= 0.6 is 0 Å². The second-order valence-electron chi connectivity index (χ2n) is 5.43. The van der Waals surface area contributed by atoms with E-state index in [1.807, 2.05) is 12.1 Å². The van der Waals surface area contributed by atoms with Gasteiger partial charge in [-0.05, 0) is 31.4 Å². The van der Waals surface area contributed by atoms with E-state index in [4.69, 9.17) is 4.74 Å². The van der Waals surface area contributed by atoms with Crippen molar-refractivity contribution in [3.63, 3.8) is 0 Å². The maximum atomic E-state index is 5.46. The molecule has 112 valence electrons. The molecular formula is C19H25NO. The molecule has 0 saturated carbocycles. The van der Waals surface area contributed by atoms with Crippen LogP contribution in [-0.2, 0) is 6.42 Å². The van der Waals surface area contributed by atoms with Crippen molar-refractivity contribution in [3.8, 4) is 5.75 Å². The van der Waals surface area contributed by atoms with Gasteiger partial charge in [0.15, 0.2) is 0 Å². The van der Waals surface area contributed by atoms with Gasteiger partial charge in [0.1, 0.15) is 5.75 Å². The first-order valence-electron chi connectivity index (χ1n) is 7.67. The lowest BCUT2D eigenvalue weighted by Crippen LogP contribution is -2.33. The second-order valence-corrected chi connectivity index (χ2v) is 5.43. The highest BCUT2D eigenvalue weighted by Crippen LogP contribution is 2.25. The highest BCUT2D eigenvalue weighted by molar-refractivity contribution is 5.35. The summed E-state index contributed by atoms with van der Waals surface area (Å²) < 4.78 is 5.46. The Morgan fingerprint density at radius 3 is 2.33 bits per heavy atom. The molecule has 2 atom stereocenters. The van der Waals surface area contributed by atoms with Crippen molar-refractivity contribution in [1.82, 2.24) is 5.32 Å². The number of rotatable bonds is 7. The van der Waals surface area contributed by atoms with Gasteiger partial charge < -0.3 is 10.1 Å². The second kappa shape index (κ2) is 7.84. The van der Waals surface area contributed by atoms with Crippen molar-refractivity contribution in [3.05, 3.63) is 65.7 Å². The van der Waals surface area contributed by atoms with Gasteiger partial charge in [-0.3, -0.25) is 0 Å². The van der Waals surface area contributed by atoms with Gasteiger partial charge in [0.05, 0.1) is 7.11 Å². The van der Waals surface area contributed by atoms with Crippen molar-refractivity contribution in [2.75, 3.05) is 7.11 Å². The molecule has 0 aliphatic rings. The van der Waals surface area contributed by atoms with Crippen molar-refractivity contribution < 1.29 is 4.74 Å². The van der Waals surface area contributed by atoms with E-state index in [1.165, 1.54) is 11.1 Å². The fourth-order valence-electron chi connectivity index (χ4n) is 2.69. The van der Waals surface area contributed by atoms with Gasteiger partial charge in [-0.1, -0.05) is 55.5 Å². The Labute approximate surface area is 128 Å². The van der Waals surface area contributed by atoms with Crippen LogP contribution in [0.3, 0.4) is 0 Å². The molecule has 2 aromatic carbocycles. The Balaban J connectivity index is 2.04. The minimum atomic E-state index is 0.273. The van der Waals surface area contributed by atoms with E-state index in [2.05, 4.69) is 61.6 Å². The van der Waals surface area contributed by atoms with Crippen molar-refractivity contribution in [2.45, 2.75) is 38.8 Å². The Kier molecular flexibility index (Phi) is 5.82. The summed E-state index contributed by atoms with van der Waals surface area (Å²) in [5.74, 6) is 0.951. The maximum Gasteiger partial charge on any atom is 0.123 e. The molecule has 2 rings (SSSR count). The van der Waals surface area contributed by atoms with Gasteiger partial charge in [0.2, 0.25) is 0 Å². The fourth-order valence-corrected chi connectivity index (χ4v) is 2.69. The molecular weight excluding hydrogens is 258 g/mol. The number of nitrogens with one attached hydrogen (secondary N) is 1. The molecule has 0 heterocycles. The van der Waals surface area contributed by atoms with Crippen LogP contribution in [0.2, 0.25) is 0 Å². The van der Waals surface area contributed by atoms with E-state index in [9.17, 15) is 0 Å². The summed E-state index contributed by atoms with van der Waals surface area (Å²) in [4.78, 5) is 0. The van der Waals surface area contributed by atoms with E-state index in [-0.39, 0.29) is 6.04 Å². The van der Waals surface area contributed by atoms with Gasteiger partial charge in [-0.15, -0.1) is 0 Å². The van der Waals surface area contributed by atoms with Crippen LogP contribution in [0.1, 0.15) is 37.4 Å². The van der Waals surface area contributed by atoms with Gasteiger partial charge in [-0.2, -0.15) is 0 Å². The lowest BCUT2D eigenvalue weighted by molar-refractivity contribution is 0.389. The first-order valence-corrected chi connectivity index (χ1v) is 7.67. The molecule has 2 aromatic rings. The molecule has 1 N–H and O–H groups in total. The summed E-state index contributed by atoms with van der Waals surface area (Å²) in [5.41, 5.74) is 2.59. The Hall–Kier alpha value is -1.80. The van der Waals surface area contributed by atoms with Crippen LogP contribution < -0.4 is 10.1 Å². The summed E-state index contributed by atoms with van der Waals surface area (Å²) in [6.45, 7) is 4.43. The SMILES string of the molecule is CCC(Cc1ccccc1)NC(C)c1ccccc1OC. The van der Waals surface area contributed by atoms with Gasteiger partial charge in [-0.25, -0.2) is 0 Å². The third kappa shape index (κ3) is 4.33. The zero-order valence-corrected chi connectivity index (χ0v) is 13.2. The quantitative estimate of drug-likeness (QED) is 0.815. The Bertz CT molecular complexity index is 538. The minimum Gasteiger partial charge on any atom is -0.496 e. The van der Waals surface area contributed by atoms with Gasteiger partial charge in [0.25, 0.3) is 0 Å². The predicted molar refractivity (Wildman–Crippen MR) is 88.8 cm³/mol. The first kappa shape index (κ1) is 15.6. The molecule has 21 heavy (non-hydrogen) atoms. The van der Waals surface area contributed by atoms with Crippen LogP contribution in [0.4, 0.5) is 0 Å². The van der Waals surface area contributed by atoms with Crippen molar-refractivity contribution in [1.29, 1.82) is 0 Å². The van der Waals surface area contributed by atoms with Crippen molar-refractivity contribution in [2.24, 2.45) is 0 Å². The zero-order chi connectivity index (χ0) is 15.1. The van der Waals surface area contributed by atoms with E-state index < -0.39 is 0 Å². The summed E-state index contributed by atoms with van der Waals surface area (Å²) >= 11 is 0. The lowest BCUT2D eigenvalue weighted by Gasteiger charge is -2.24. The smallest absolute Gasteiger partial charge is 0.123 e. The molecule has 2 nitrogen and oxygen atoms in total. The summed E-state index contributed by atoms with van der Waals surface area (Å²) in [7, 11) is 1.73. The average molecular weight is 283 g/mol. The van der Waals surface area contributed by atoms with Gasteiger partial charge in [0, 0.05) is 17.6 Å². The third-order valence-electron chi connectivity index (χ3n) is 3.91. The molecule has 0 spiro atoms. The number of para-hydroxylation sites is 1. The number of ether oxygens (including phenoxy) is 1. The highest BCUT2D eigenvalue weighted by Gasteiger charge is 2.15. The Morgan fingerprint density at radius 2 is 1.67 bits per heavy atom. The van der Waals surface area contributed by atoms with Crippen LogP contribution in [0.15, 0.2) is 54.6 Å². The standard InChI is InChI=1S/C19H25NO/c1-4-17(14-16-10-6-5-7-11-16)20-15(2)18-12-8-9-13-19(18)21-3/h5-13,15,17,20H,4,14H2,1-3H3.